The van der Waals surface area contributed by atoms with Crippen LogP contribution in [0.15, 0.2) is 36.7 Å². The van der Waals surface area contributed by atoms with Crippen molar-refractivity contribution in [3.63, 3.8) is 0 Å². The van der Waals surface area contributed by atoms with E-state index in [1.54, 1.807) is 0 Å². The smallest absolute Gasteiger partial charge is 0.258 e. The Bertz CT molecular complexity index is 537. The van der Waals surface area contributed by atoms with Gasteiger partial charge in [-0.1, -0.05) is 18.2 Å². The second-order valence-corrected chi connectivity index (χ2v) is 3.27. The standard InChI is InChI=1S/C11H6F4N2/c12-10-6-16-5-9(17-10)7-3-1-2-4-8(7)11(13,14)15/h1-6H. The topological polar surface area (TPSA) is 25.8 Å². The van der Waals surface area contributed by atoms with Gasteiger partial charge in [0.2, 0.25) is 5.95 Å². The van der Waals surface area contributed by atoms with Gasteiger partial charge in [0.1, 0.15) is 0 Å². The number of aromatic nitrogens is 2. The van der Waals surface area contributed by atoms with E-state index < -0.39 is 17.7 Å². The molecule has 0 aliphatic heterocycles. The average Bonchev–Trinajstić information content (AvgIpc) is 2.28. The molecule has 88 valence electrons. The molecule has 0 saturated carbocycles. The van der Waals surface area contributed by atoms with Gasteiger partial charge in [0, 0.05) is 5.56 Å². The zero-order chi connectivity index (χ0) is 12.5. The number of rotatable bonds is 1. The molecule has 2 rings (SSSR count). The van der Waals surface area contributed by atoms with Gasteiger partial charge in [0.15, 0.2) is 0 Å². The zero-order valence-electron chi connectivity index (χ0n) is 8.37. The lowest BCUT2D eigenvalue weighted by molar-refractivity contribution is -0.137. The Labute approximate surface area is 94.0 Å². The maximum Gasteiger partial charge on any atom is 0.417 e. The highest BCUT2D eigenvalue weighted by atomic mass is 19.4. The van der Waals surface area contributed by atoms with Gasteiger partial charge in [-0.15, -0.1) is 0 Å². The molecule has 0 fully saturated rings. The van der Waals surface area contributed by atoms with E-state index in [9.17, 15) is 17.6 Å². The number of halogens is 4. The fraction of sp³-hybridized carbons (Fsp3) is 0.0909. The van der Waals surface area contributed by atoms with Gasteiger partial charge in [0.25, 0.3) is 0 Å². The first kappa shape index (κ1) is 11.5. The van der Waals surface area contributed by atoms with E-state index in [1.807, 2.05) is 0 Å². The van der Waals surface area contributed by atoms with Crippen molar-refractivity contribution in [3.05, 3.63) is 48.2 Å². The van der Waals surface area contributed by atoms with Crippen LogP contribution in [-0.2, 0) is 6.18 Å². The van der Waals surface area contributed by atoms with Gasteiger partial charge < -0.3 is 0 Å². The highest BCUT2D eigenvalue weighted by Crippen LogP contribution is 2.35. The summed E-state index contributed by atoms with van der Waals surface area (Å²) in [5.41, 5.74) is -1.19. The lowest BCUT2D eigenvalue weighted by Gasteiger charge is -2.11. The Balaban J connectivity index is 2.60. The molecule has 2 aromatic rings. The normalized spacial score (nSPS) is 11.5. The minimum atomic E-state index is -4.51. The van der Waals surface area contributed by atoms with Crippen molar-refractivity contribution in [1.29, 1.82) is 0 Å². The van der Waals surface area contributed by atoms with E-state index in [2.05, 4.69) is 9.97 Å². The zero-order valence-corrected chi connectivity index (χ0v) is 8.37. The highest BCUT2D eigenvalue weighted by Gasteiger charge is 2.33. The Morgan fingerprint density at radius 1 is 1.00 bits per heavy atom. The van der Waals surface area contributed by atoms with Crippen LogP contribution in [0.2, 0.25) is 0 Å². The SMILES string of the molecule is Fc1cncc(-c2ccccc2C(F)(F)F)n1. The molecule has 1 heterocycles. The van der Waals surface area contributed by atoms with E-state index in [0.29, 0.717) is 0 Å². The van der Waals surface area contributed by atoms with Gasteiger partial charge in [0.05, 0.1) is 23.7 Å². The Morgan fingerprint density at radius 3 is 2.35 bits per heavy atom. The molecule has 0 N–H and O–H groups in total. The first-order valence-corrected chi connectivity index (χ1v) is 4.62. The van der Waals surface area contributed by atoms with Gasteiger partial charge >= 0.3 is 6.18 Å². The average molecular weight is 242 g/mol. The maximum absolute atomic E-state index is 12.8. The monoisotopic (exact) mass is 242 g/mol. The second-order valence-electron chi connectivity index (χ2n) is 3.27. The summed E-state index contributed by atoms with van der Waals surface area (Å²) in [5.74, 6) is -0.917. The molecule has 0 bridgehead atoms. The molecule has 0 spiro atoms. The predicted octanol–water partition coefficient (Wildman–Crippen LogP) is 3.30. The van der Waals surface area contributed by atoms with Crippen molar-refractivity contribution in [3.8, 4) is 11.3 Å². The van der Waals surface area contributed by atoms with Crippen LogP contribution in [-0.4, -0.2) is 9.97 Å². The van der Waals surface area contributed by atoms with Crippen LogP contribution in [0.1, 0.15) is 5.56 Å². The maximum atomic E-state index is 12.8. The van der Waals surface area contributed by atoms with E-state index in [1.165, 1.54) is 18.2 Å². The fourth-order valence-corrected chi connectivity index (χ4v) is 1.43. The number of hydrogen-bond acceptors (Lipinski definition) is 2. The van der Waals surface area contributed by atoms with E-state index >= 15 is 0 Å². The fourth-order valence-electron chi connectivity index (χ4n) is 1.43. The first-order valence-electron chi connectivity index (χ1n) is 4.62. The molecule has 0 amide bonds. The summed E-state index contributed by atoms with van der Waals surface area (Å²) < 4.78 is 50.9. The third-order valence-electron chi connectivity index (χ3n) is 2.11. The minimum Gasteiger partial charge on any atom is -0.258 e. The lowest BCUT2D eigenvalue weighted by Crippen LogP contribution is -2.07. The van der Waals surface area contributed by atoms with Crippen molar-refractivity contribution in [2.75, 3.05) is 0 Å². The lowest BCUT2D eigenvalue weighted by atomic mass is 10.0. The molecule has 1 aromatic carbocycles. The molecular formula is C11H6F4N2. The Morgan fingerprint density at radius 2 is 1.71 bits per heavy atom. The molecular weight excluding hydrogens is 236 g/mol. The summed E-state index contributed by atoms with van der Waals surface area (Å²) in [6, 6.07) is 4.84. The van der Waals surface area contributed by atoms with Gasteiger partial charge in [-0.05, 0) is 6.07 Å². The number of nitrogens with zero attached hydrogens (tertiary/aromatic N) is 2. The molecule has 0 aliphatic carbocycles. The molecule has 1 aromatic heterocycles. The molecule has 17 heavy (non-hydrogen) atoms. The molecule has 0 aliphatic rings. The molecule has 0 saturated heterocycles. The van der Waals surface area contributed by atoms with Gasteiger partial charge in [-0.25, -0.2) is 4.98 Å². The summed E-state index contributed by atoms with van der Waals surface area (Å²) in [6.45, 7) is 0. The van der Waals surface area contributed by atoms with Crippen molar-refractivity contribution in [2.24, 2.45) is 0 Å². The third kappa shape index (κ3) is 2.41. The van der Waals surface area contributed by atoms with Gasteiger partial charge in [-0.3, -0.25) is 4.98 Å². The third-order valence-corrected chi connectivity index (χ3v) is 2.11. The Hall–Kier alpha value is -1.98. The van der Waals surface area contributed by atoms with Crippen LogP contribution in [0.5, 0.6) is 0 Å². The number of benzene rings is 1. The highest BCUT2D eigenvalue weighted by molar-refractivity contribution is 5.63. The second kappa shape index (κ2) is 4.12. The number of hydrogen-bond donors (Lipinski definition) is 0. The summed E-state index contributed by atoms with van der Waals surface area (Å²) in [4.78, 5) is 6.87. The summed E-state index contributed by atoms with van der Waals surface area (Å²) in [5, 5.41) is 0. The van der Waals surface area contributed by atoms with Crippen molar-refractivity contribution in [1.82, 2.24) is 9.97 Å². The van der Waals surface area contributed by atoms with E-state index in [4.69, 9.17) is 0 Å². The predicted molar refractivity (Wildman–Crippen MR) is 52.4 cm³/mol. The van der Waals surface area contributed by atoms with Crippen LogP contribution >= 0.6 is 0 Å². The van der Waals surface area contributed by atoms with Crippen LogP contribution in [0.4, 0.5) is 17.6 Å². The molecule has 6 heteroatoms. The summed E-state index contributed by atoms with van der Waals surface area (Å²) >= 11 is 0. The van der Waals surface area contributed by atoms with Crippen molar-refractivity contribution >= 4 is 0 Å². The Kier molecular flexibility index (Phi) is 2.79. The van der Waals surface area contributed by atoms with Gasteiger partial charge in [-0.2, -0.15) is 17.6 Å². The van der Waals surface area contributed by atoms with Crippen LogP contribution in [0.3, 0.4) is 0 Å². The van der Waals surface area contributed by atoms with Crippen molar-refractivity contribution in [2.45, 2.75) is 6.18 Å². The van der Waals surface area contributed by atoms with E-state index in [-0.39, 0.29) is 11.3 Å². The summed E-state index contributed by atoms with van der Waals surface area (Å²) in [6.07, 6.45) is -2.59. The summed E-state index contributed by atoms with van der Waals surface area (Å²) in [7, 11) is 0. The molecule has 0 radical (unpaired) electrons. The van der Waals surface area contributed by atoms with Crippen LogP contribution in [0, 0.1) is 5.95 Å². The van der Waals surface area contributed by atoms with Crippen molar-refractivity contribution < 1.29 is 17.6 Å². The van der Waals surface area contributed by atoms with Crippen LogP contribution < -0.4 is 0 Å². The number of alkyl halides is 3. The quantitative estimate of drug-likeness (QED) is 0.717. The largest absolute Gasteiger partial charge is 0.417 e. The minimum absolute atomic E-state index is 0.141. The molecule has 0 atom stereocenters. The van der Waals surface area contributed by atoms with E-state index in [0.717, 1.165) is 18.5 Å². The molecule has 2 nitrogen and oxygen atoms in total. The first-order chi connectivity index (χ1) is 7.98. The molecule has 0 unspecified atom stereocenters. The van der Waals surface area contributed by atoms with Crippen LogP contribution in [0.25, 0.3) is 11.3 Å².